The number of aryl methyl sites for hydroxylation is 1. The van der Waals surface area contributed by atoms with Crippen LogP contribution in [0.15, 0.2) is 42.5 Å². The van der Waals surface area contributed by atoms with Crippen LogP contribution in [0.5, 0.6) is 0 Å². The van der Waals surface area contributed by atoms with Crippen LogP contribution >= 0.6 is 0 Å². The number of hydrogen-bond donors (Lipinski definition) is 3. The number of rotatable bonds is 6. The van der Waals surface area contributed by atoms with Crippen LogP contribution in [-0.2, 0) is 9.59 Å². The lowest BCUT2D eigenvalue weighted by Gasteiger charge is -2.14. The molecule has 0 fully saturated rings. The zero-order chi connectivity index (χ0) is 18.4. The lowest BCUT2D eigenvalue weighted by Crippen LogP contribution is -2.17. The Labute approximate surface area is 145 Å². The van der Waals surface area contributed by atoms with Crippen molar-refractivity contribution in [3.8, 4) is 0 Å². The predicted molar refractivity (Wildman–Crippen MR) is 94.7 cm³/mol. The number of hydrogen-bond acceptors (Lipinski definition) is 3. The monoisotopic (exact) mass is 344 g/mol. The quantitative estimate of drug-likeness (QED) is 0.750. The maximum absolute atomic E-state index is 13.2. The fraction of sp³-hybridized carbons (Fsp3) is 0.263. The van der Waals surface area contributed by atoms with E-state index in [0.29, 0.717) is 23.4 Å². The number of carbonyl (C=O) groups is 2. The van der Waals surface area contributed by atoms with E-state index in [1.165, 1.54) is 18.2 Å². The molecule has 0 aliphatic rings. The molecule has 0 aromatic heterocycles. The van der Waals surface area contributed by atoms with Crippen LogP contribution in [0, 0.1) is 12.7 Å². The highest BCUT2D eigenvalue weighted by molar-refractivity contribution is 5.94. The molecule has 1 unspecified atom stereocenters. The van der Waals surface area contributed by atoms with Crippen LogP contribution in [0.3, 0.4) is 0 Å². The molecule has 0 bridgehead atoms. The van der Waals surface area contributed by atoms with Gasteiger partial charge in [-0.25, -0.2) is 4.39 Å². The van der Waals surface area contributed by atoms with E-state index in [1.807, 2.05) is 6.92 Å². The van der Waals surface area contributed by atoms with Crippen molar-refractivity contribution in [1.29, 1.82) is 0 Å². The van der Waals surface area contributed by atoms with E-state index in [-0.39, 0.29) is 12.3 Å². The van der Waals surface area contributed by atoms with Gasteiger partial charge >= 0.3 is 0 Å². The van der Waals surface area contributed by atoms with Gasteiger partial charge < -0.3 is 15.7 Å². The molecule has 2 amide bonds. The van der Waals surface area contributed by atoms with Crippen molar-refractivity contribution in [1.82, 2.24) is 0 Å². The largest absolute Gasteiger partial charge is 0.388 e. The number of aliphatic hydroxyl groups is 1. The molecule has 0 aliphatic carbocycles. The van der Waals surface area contributed by atoms with Crippen molar-refractivity contribution in [3.63, 3.8) is 0 Å². The minimum Gasteiger partial charge on any atom is -0.388 e. The number of anilines is 2. The van der Waals surface area contributed by atoms with Crippen LogP contribution < -0.4 is 10.6 Å². The summed E-state index contributed by atoms with van der Waals surface area (Å²) in [6.07, 6.45) is -0.942. The van der Waals surface area contributed by atoms with Crippen molar-refractivity contribution >= 4 is 23.2 Å². The molecule has 0 spiro atoms. The Balaban J connectivity index is 2.04. The van der Waals surface area contributed by atoms with Gasteiger partial charge in [-0.05, 0) is 42.3 Å². The Kier molecular flexibility index (Phi) is 6.25. The number of benzene rings is 2. The highest BCUT2D eigenvalue weighted by Gasteiger charge is 2.15. The zero-order valence-corrected chi connectivity index (χ0v) is 14.2. The molecule has 0 aliphatic heterocycles. The molecule has 0 saturated heterocycles. The molecule has 0 heterocycles. The van der Waals surface area contributed by atoms with Gasteiger partial charge in [0.1, 0.15) is 5.82 Å². The van der Waals surface area contributed by atoms with Crippen LogP contribution in [-0.4, -0.2) is 16.9 Å². The maximum Gasteiger partial charge on any atom is 0.227 e. The van der Waals surface area contributed by atoms with Crippen LogP contribution in [0.1, 0.15) is 37.0 Å². The van der Waals surface area contributed by atoms with Gasteiger partial charge in [0.05, 0.1) is 12.5 Å². The van der Waals surface area contributed by atoms with Crippen molar-refractivity contribution < 1.29 is 19.1 Å². The molecule has 25 heavy (non-hydrogen) atoms. The summed E-state index contributed by atoms with van der Waals surface area (Å²) in [7, 11) is 0. The maximum atomic E-state index is 13.2. The normalized spacial score (nSPS) is 11.7. The average molecular weight is 344 g/mol. The molecule has 3 N–H and O–H groups in total. The van der Waals surface area contributed by atoms with E-state index in [2.05, 4.69) is 10.6 Å². The van der Waals surface area contributed by atoms with Crippen LogP contribution in [0.25, 0.3) is 0 Å². The van der Waals surface area contributed by atoms with E-state index in [4.69, 9.17) is 0 Å². The van der Waals surface area contributed by atoms with Crippen molar-refractivity contribution in [3.05, 3.63) is 59.4 Å². The highest BCUT2D eigenvalue weighted by atomic mass is 19.1. The Bertz CT molecular complexity index is 777. The van der Waals surface area contributed by atoms with Gasteiger partial charge in [-0.15, -0.1) is 0 Å². The standard InChI is InChI=1S/C19H21FN2O3/c1-3-18(24)21-15-8-7-12(2)16(10-15)22-19(25)11-17(23)13-5-4-6-14(20)9-13/h4-10,17,23H,3,11H2,1-2H3,(H,21,24)(H,22,25). The summed E-state index contributed by atoms with van der Waals surface area (Å²) in [6.45, 7) is 3.57. The van der Waals surface area contributed by atoms with E-state index in [9.17, 15) is 19.1 Å². The molecule has 132 valence electrons. The Morgan fingerprint density at radius 1 is 1.12 bits per heavy atom. The first kappa shape index (κ1) is 18.6. The van der Waals surface area contributed by atoms with Crippen molar-refractivity contribution in [2.75, 3.05) is 10.6 Å². The third-order valence-electron chi connectivity index (χ3n) is 3.73. The van der Waals surface area contributed by atoms with Gasteiger partial charge in [-0.1, -0.05) is 25.1 Å². The summed E-state index contributed by atoms with van der Waals surface area (Å²) in [4.78, 5) is 23.6. The Morgan fingerprint density at radius 2 is 1.88 bits per heavy atom. The van der Waals surface area contributed by atoms with E-state index in [1.54, 1.807) is 31.2 Å². The molecule has 6 heteroatoms. The number of aliphatic hydroxyl groups excluding tert-OH is 1. The van der Waals surface area contributed by atoms with Gasteiger partial charge in [0.15, 0.2) is 0 Å². The molecular formula is C19H21FN2O3. The van der Waals surface area contributed by atoms with Crippen molar-refractivity contribution in [2.45, 2.75) is 32.8 Å². The van der Waals surface area contributed by atoms with Gasteiger partial charge in [-0.2, -0.15) is 0 Å². The summed E-state index contributed by atoms with van der Waals surface area (Å²) in [5.74, 6) is -0.992. The van der Waals surface area contributed by atoms with E-state index < -0.39 is 17.8 Å². The smallest absolute Gasteiger partial charge is 0.227 e. The molecule has 2 rings (SSSR count). The fourth-order valence-corrected chi connectivity index (χ4v) is 2.29. The number of amides is 2. The molecule has 1 atom stereocenters. The summed E-state index contributed by atoms with van der Waals surface area (Å²) in [5, 5.41) is 15.5. The second-order valence-electron chi connectivity index (χ2n) is 5.75. The topological polar surface area (TPSA) is 78.4 Å². The SMILES string of the molecule is CCC(=O)Nc1ccc(C)c(NC(=O)CC(O)c2cccc(F)c2)c1. The zero-order valence-electron chi connectivity index (χ0n) is 14.2. The Hall–Kier alpha value is -2.73. The minimum absolute atomic E-state index is 0.123. The summed E-state index contributed by atoms with van der Waals surface area (Å²) < 4.78 is 13.2. The Morgan fingerprint density at radius 3 is 2.56 bits per heavy atom. The molecule has 2 aromatic rings. The summed E-state index contributed by atoms with van der Waals surface area (Å²) >= 11 is 0. The molecule has 2 aromatic carbocycles. The van der Waals surface area contributed by atoms with E-state index >= 15 is 0 Å². The molecule has 5 nitrogen and oxygen atoms in total. The van der Waals surface area contributed by atoms with Gasteiger partial charge in [0.25, 0.3) is 0 Å². The van der Waals surface area contributed by atoms with Gasteiger partial charge in [-0.3, -0.25) is 9.59 Å². The number of carbonyl (C=O) groups excluding carboxylic acids is 2. The summed E-state index contributed by atoms with van der Waals surface area (Å²) in [6, 6.07) is 10.7. The lowest BCUT2D eigenvalue weighted by molar-refractivity contribution is -0.118. The molecular weight excluding hydrogens is 323 g/mol. The van der Waals surface area contributed by atoms with Gasteiger partial charge in [0.2, 0.25) is 11.8 Å². The molecule has 0 radical (unpaired) electrons. The first-order valence-corrected chi connectivity index (χ1v) is 8.03. The summed E-state index contributed by atoms with van der Waals surface area (Å²) in [5.41, 5.74) is 2.29. The minimum atomic E-state index is -1.10. The second kappa shape index (κ2) is 8.39. The van der Waals surface area contributed by atoms with E-state index in [0.717, 1.165) is 5.56 Å². The average Bonchev–Trinajstić information content (AvgIpc) is 2.57. The lowest BCUT2D eigenvalue weighted by atomic mass is 10.1. The first-order valence-electron chi connectivity index (χ1n) is 8.03. The van der Waals surface area contributed by atoms with Crippen molar-refractivity contribution in [2.24, 2.45) is 0 Å². The highest BCUT2D eigenvalue weighted by Crippen LogP contribution is 2.23. The van der Waals surface area contributed by atoms with Crippen LogP contribution in [0.2, 0.25) is 0 Å². The predicted octanol–water partition coefficient (Wildman–Crippen LogP) is 3.54. The fourth-order valence-electron chi connectivity index (χ4n) is 2.29. The van der Waals surface area contributed by atoms with Crippen LogP contribution in [0.4, 0.5) is 15.8 Å². The third-order valence-corrected chi connectivity index (χ3v) is 3.73. The first-order chi connectivity index (χ1) is 11.9. The number of nitrogens with one attached hydrogen (secondary N) is 2. The number of halogens is 1. The third kappa shape index (κ3) is 5.39. The van der Waals surface area contributed by atoms with Gasteiger partial charge in [0, 0.05) is 17.8 Å². The molecule has 0 saturated carbocycles. The second-order valence-corrected chi connectivity index (χ2v) is 5.75.